The van der Waals surface area contributed by atoms with E-state index in [4.69, 9.17) is 4.74 Å². The predicted molar refractivity (Wildman–Crippen MR) is 88.6 cm³/mol. The van der Waals surface area contributed by atoms with Gasteiger partial charge in [0.25, 0.3) is 5.92 Å². The SMILES string of the molecule is CC1(C#N)CCCC(Oc2ccc(SC(F)(F)F)c3c2CC(F)(F)C3O)C1. The fourth-order valence-corrected chi connectivity index (χ4v) is 4.51. The lowest BCUT2D eigenvalue weighted by molar-refractivity contribution is -0.0977. The molecular weight excluding hydrogens is 389 g/mol. The highest BCUT2D eigenvalue weighted by atomic mass is 32.2. The fourth-order valence-electron chi connectivity index (χ4n) is 3.78. The van der Waals surface area contributed by atoms with Crippen molar-refractivity contribution in [2.45, 2.75) is 67.6 Å². The molecule has 2 aliphatic rings. The minimum Gasteiger partial charge on any atom is -0.490 e. The summed E-state index contributed by atoms with van der Waals surface area (Å²) < 4.78 is 72.2. The molecule has 3 rings (SSSR count). The summed E-state index contributed by atoms with van der Waals surface area (Å²) >= 11 is -0.523. The maximum absolute atomic E-state index is 14.0. The second-order valence-corrected chi connectivity index (χ2v) is 8.46. The fraction of sp³-hybridized carbons (Fsp3) is 0.611. The number of thioether (sulfide) groups is 1. The molecule has 0 aromatic heterocycles. The van der Waals surface area contributed by atoms with E-state index in [-0.39, 0.29) is 17.4 Å². The molecular formula is C18H18F5NO2S. The van der Waals surface area contributed by atoms with Crippen LogP contribution in [-0.4, -0.2) is 22.6 Å². The summed E-state index contributed by atoms with van der Waals surface area (Å²) in [6.07, 6.45) is -1.10. The van der Waals surface area contributed by atoms with Gasteiger partial charge in [0.1, 0.15) is 18.0 Å². The zero-order valence-corrected chi connectivity index (χ0v) is 15.3. The molecule has 1 aromatic rings. The summed E-state index contributed by atoms with van der Waals surface area (Å²) in [5.74, 6) is -3.50. The van der Waals surface area contributed by atoms with Crippen LogP contribution >= 0.6 is 11.8 Å². The van der Waals surface area contributed by atoms with Gasteiger partial charge in [0.2, 0.25) is 0 Å². The van der Waals surface area contributed by atoms with Crippen LogP contribution in [0.3, 0.4) is 0 Å². The number of aliphatic hydroxyl groups is 1. The van der Waals surface area contributed by atoms with Crippen molar-refractivity contribution in [1.82, 2.24) is 0 Å². The van der Waals surface area contributed by atoms with Crippen LogP contribution in [0.2, 0.25) is 0 Å². The maximum Gasteiger partial charge on any atom is 0.446 e. The Morgan fingerprint density at radius 2 is 2.04 bits per heavy atom. The van der Waals surface area contributed by atoms with E-state index in [9.17, 15) is 32.3 Å². The lowest BCUT2D eigenvalue weighted by Gasteiger charge is -2.33. The molecule has 1 N–H and O–H groups in total. The number of alkyl halides is 5. The Bertz CT molecular complexity index is 776. The predicted octanol–water partition coefficient (Wildman–Crippen LogP) is 5.37. The molecule has 27 heavy (non-hydrogen) atoms. The first-order chi connectivity index (χ1) is 12.4. The van der Waals surface area contributed by atoms with Gasteiger partial charge in [-0.2, -0.15) is 18.4 Å². The largest absolute Gasteiger partial charge is 0.490 e. The molecule has 3 nitrogen and oxygen atoms in total. The smallest absolute Gasteiger partial charge is 0.446 e. The van der Waals surface area contributed by atoms with Crippen LogP contribution in [0.5, 0.6) is 5.75 Å². The molecule has 0 bridgehead atoms. The van der Waals surface area contributed by atoms with E-state index >= 15 is 0 Å². The van der Waals surface area contributed by atoms with Gasteiger partial charge in [0.05, 0.1) is 11.5 Å². The number of hydrogen-bond donors (Lipinski definition) is 1. The first-order valence-electron chi connectivity index (χ1n) is 8.49. The summed E-state index contributed by atoms with van der Waals surface area (Å²) in [7, 11) is 0. The second kappa shape index (κ2) is 6.82. The van der Waals surface area contributed by atoms with Crippen molar-refractivity contribution < 1.29 is 31.8 Å². The molecule has 1 aromatic carbocycles. The van der Waals surface area contributed by atoms with Crippen molar-refractivity contribution in [3.05, 3.63) is 23.3 Å². The number of halogens is 5. The molecule has 3 atom stereocenters. The molecule has 1 saturated carbocycles. The van der Waals surface area contributed by atoms with Crippen molar-refractivity contribution in [3.63, 3.8) is 0 Å². The number of rotatable bonds is 3. The monoisotopic (exact) mass is 407 g/mol. The minimum atomic E-state index is -4.66. The van der Waals surface area contributed by atoms with Crippen molar-refractivity contribution in [2.75, 3.05) is 0 Å². The molecule has 0 heterocycles. The molecule has 0 aliphatic heterocycles. The molecule has 0 saturated heterocycles. The van der Waals surface area contributed by atoms with Crippen LogP contribution in [-0.2, 0) is 6.42 Å². The van der Waals surface area contributed by atoms with E-state index in [2.05, 4.69) is 6.07 Å². The summed E-state index contributed by atoms with van der Waals surface area (Å²) in [5, 5.41) is 19.2. The number of benzene rings is 1. The third-order valence-corrected chi connectivity index (χ3v) is 5.89. The highest BCUT2D eigenvalue weighted by Crippen LogP contribution is 2.52. The maximum atomic E-state index is 14.0. The molecule has 0 spiro atoms. The van der Waals surface area contributed by atoms with Crippen LogP contribution in [0.1, 0.15) is 49.8 Å². The lowest BCUT2D eigenvalue weighted by Crippen LogP contribution is -2.31. The molecule has 148 valence electrons. The Balaban J connectivity index is 1.93. The third-order valence-electron chi connectivity index (χ3n) is 5.08. The van der Waals surface area contributed by atoms with Gasteiger partial charge in [-0.3, -0.25) is 0 Å². The zero-order valence-electron chi connectivity index (χ0n) is 14.4. The number of fused-ring (bicyclic) bond motifs is 1. The van der Waals surface area contributed by atoms with E-state index < -0.39 is 51.6 Å². The quantitative estimate of drug-likeness (QED) is 0.540. The van der Waals surface area contributed by atoms with Crippen LogP contribution in [0.25, 0.3) is 0 Å². The van der Waals surface area contributed by atoms with Crippen molar-refractivity contribution in [2.24, 2.45) is 5.41 Å². The van der Waals surface area contributed by atoms with Gasteiger partial charge >= 0.3 is 5.51 Å². The van der Waals surface area contributed by atoms with E-state index in [0.29, 0.717) is 19.3 Å². The summed E-state index contributed by atoms with van der Waals surface area (Å²) in [5.41, 5.74) is -5.75. The van der Waals surface area contributed by atoms with E-state index in [1.54, 1.807) is 6.92 Å². The Kier molecular flexibility index (Phi) is 5.10. The molecule has 0 radical (unpaired) electrons. The minimum absolute atomic E-state index is 0.0555. The van der Waals surface area contributed by atoms with Crippen LogP contribution in [0, 0.1) is 16.7 Å². The number of hydrogen-bond acceptors (Lipinski definition) is 4. The summed E-state index contributed by atoms with van der Waals surface area (Å²) in [6.45, 7) is 1.80. The van der Waals surface area contributed by atoms with E-state index in [1.165, 1.54) is 6.07 Å². The normalized spacial score (nSPS) is 29.9. The van der Waals surface area contributed by atoms with Gasteiger partial charge in [0, 0.05) is 28.9 Å². The summed E-state index contributed by atoms with van der Waals surface area (Å²) in [6, 6.07) is 4.54. The van der Waals surface area contributed by atoms with Crippen molar-refractivity contribution in [1.29, 1.82) is 5.26 Å². The molecule has 2 aliphatic carbocycles. The van der Waals surface area contributed by atoms with Crippen molar-refractivity contribution in [3.8, 4) is 11.8 Å². The van der Waals surface area contributed by atoms with Crippen LogP contribution < -0.4 is 4.74 Å². The van der Waals surface area contributed by atoms with Gasteiger partial charge in [-0.1, -0.05) is 0 Å². The Labute approximate surface area is 157 Å². The lowest BCUT2D eigenvalue weighted by atomic mass is 9.75. The van der Waals surface area contributed by atoms with Gasteiger partial charge in [-0.25, -0.2) is 8.78 Å². The Morgan fingerprint density at radius 3 is 2.67 bits per heavy atom. The first-order valence-corrected chi connectivity index (χ1v) is 9.31. The Morgan fingerprint density at radius 1 is 1.33 bits per heavy atom. The standard InChI is InChI=1S/C18H18F5NO2S/c1-16(9-24)6-2-3-10(7-16)26-12-4-5-13(27-18(21,22)23)14-11(12)8-17(19,20)15(14)25/h4-5,10,15,25H,2-3,6-8H2,1H3. The van der Waals surface area contributed by atoms with Gasteiger partial charge < -0.3 is 9.84 Å². The van der Waals surface area contributed by atoms with Gasteiger partial charge in [-0.15, -0.1) is 0 Å². The molecule has 3 unspecified atom stereocenters. The third kappa shape index (κ3) is 4.16. The number of nitriles is 1. The number of nitrogens with zero attached hydrogens (tertiary/aromatic N) is 1. The molecule has 9 heteroatoms. The highest BCUT2D eigenvalue weighted by Gasteiger charge is 2.50. The number of aliphatic hydroxyl groups excluding tert-OH is 1. The molecule has 1 fully saturated rings. The van der Waals surface area contributed by atoms with Crippen LogP contribution in [0.4, 0.5) is 22.0 Å². The average molecular weight is 407 g/mol. The average Bonchev–Trinajstić information content (AvgIpc) is 2.79. The highest BCUT2D eigenvalue weighted by molar-refractivity contribution is 8.00. The van der Waals surface area contributed by atoms with Gasteiger partial charge in [0.15, 0.2) is 0 Å². The Hall–Kier alpha value is -1.53. The summed E-state index contributed by atoms with van der Waals surface area (Å²) in [4.78, 5) is -0.444. The zero-order chi connectivity index (χ0) is 20.0. The topological polar surface area (TPSA) is 53.2 Å². The van der Waals surface area contributed by atoms with Crippen molar-refractivity contribution >= 4 is 11.8 Å². The van der Waals surface area contributed by atoms with E-state index in [0.717, 1.165) is 12.5 Å². The second-order valence-electron chi connectivity index (χ2n) is 7.35. The number of ether oxygens (including phenoxy) is 1. The molecule has 0 amide bonds. The van der Waals surface area contributed by atoms with E-state index in [1.807, 2.05) is 0 Å². The first kappa shape index (κ1) is 20.2. The van der Waals surface area contributed by atoms with Gasteiger partial charge in [-0.05, 0) is 50.1 Å². The van der Waals surface area contributed by atoms with Crippen LogP contribution in [0.15, 0.2) is 17.0 Å².